The Morgan fingerprint density at radius 3 is 2.72 bits per heavy atom. The van der Waals surface area contributed by atoms with Crippen molar-refractivity contribution in [3.05, 3.63) is 65.7 Å². The summed E-state index contributed by atoms with van der Waals surface area (Å²) in [6, 6.07) is 10.5. The van der Waals surface area contributed by atoms with Gasteiger partial charge in [0, 0.05) is 24.0 Å². The van der Waals surface area contributed by atoms with Crippen molar-refractivity contribution in [2.24, 2.45) is 0 Å². The third-order valence-electron chi connectivity index (χ3n) is 4.96. The number of aromatic hydroxyl groups is 1. The molecule has 0 bridgehead atoms. The standard InChI is InChI=1S/C21H18N6O2/c1-12-18-14(21(29)25-19-16(28)5-4-10-23-19)11-15(13-7-8-13)24-20(18)27(26-12)17-6-2-3-9-22-17/h2-6,9-11,13,28H,7-8H2,1H3,(H,23,25,29). The van der Waals surface area contributed by atoms with Crippen LogP contribution in [-0.2, 0) is 0 Å². The summed E-state index contributed by atoms with van der Waals surface area (Å²) >= 11 is 0. The Kier molecular flexibility index (Phi) is 3.97. The maximum Gasteiger partial charge on any atom is 0.257 e. The van der Waals surface area contributed by atoms with E-state index in [1.165, 1.54) is 12.3 Å². The molecule has 4 heterocycles. The number of nitrogens with zero attached hydrogens (tertiary/aromatic N) is 5. The SMILES string of the molecule is Cc1nn(-c2ccccn2)c2nc(C3CC3)cc(C(=O)Nc3ncccc3O)c12. The molecule has 1 amide bonds. The number of hydrogen-bond donors (Lipinski definition) is 2. The van der Waals surface area contributed by atoms with Crippen LogP contribution in [0.4, 0.5) is 5.82 Å². The summed E-state index contributed by atoms with van der Waals surface area (Å²) in [6.45, 7) is 1.84. The topological polar surface area (TPSA) is 106 Å². The predicted molar refractivity (Wildman–Crippen MR) is 107 cm³/mol. The minimum atomic E-state index is -0.364. The van der Waals surface area contributed by atoms with Gasteiger partial charge in [-0.25, -0.2) is 15.0 Å². The Hall–Kier alpha value is -3.81. The van der Waals surface area contributed by atoms with Crippen LogP contribution in [0.2, 0.25) is 0 Å². The van der Waals surface area contributed by atoms with Gasteiger partial charge < -0.3 is 10.4 Å². The molecule has 8 heteroatoms. The molecule has 0 saturated heterocycles. The number of amides is 1. The van der Waals surface area contributed by atoms with E-state index in [9.17, 15) is 9.90 Å². The molecule has 4 aromatic heterocycles. The molecule has 1 saturated carbocycles. The summed E-state index contributed by atoms with van der Waals surface area (Å²) in [5, 5.41) is 17.9. The minimum absolute atomic E-state index is 0.0885. The van der Waals surface area contributed by atoms with Gasteiger partial charge in [0.25, 0.3) is 5.91 Å². The third-order valence-corrected chi connectivity index (χ3v) is 4.96. The second kappa shape index (κ2) is 6.66. The summed E-state index contributed by atoms with van der Waals surface area (Å²) in [6.07, 6.45) is 5.31. The van der Waals surface area contributed by atoms with Crippen LogP contribution in [0.3, 0.4) is 0 Å². The lowest BCUT2D eigenvalue weighted by molar-refractivity contribution is 0.102. The maximum atomic E-state index is 13.1. The third kappa shape index (κ3) is 3.08. The molecule has 144 valence electrons. The van der Waals surface area contributed by atoms with E-state index in [0.717, 1.165) is 18.5 Å². The van der Waals surface area contributed by atoms with Crippen LogP contribution in [-0.4, -0.2) is 35.7 Å². The van der Waals surface area contributed by atoms with Crippen LogP contribution in [0.1, 0.15) is 40.5 Å². The lowest BCUT2D eigenvalue weighted by Crippen LogP contribution is -2.14. The Balaban J connectivity index is 1.67. The van der Waals surface area contributed by atoms with Gasteiger partial charge in [-0.05, 0) is 50.1 Å². The molecule has 4 aromatic rings. The van der Waals surface area contributed by atoms with E-state index in [4.69, 9.17) is 4.98 Å². The number of nitrogens with one attached hydrogen (secondary N) is 1. The molecule has 5 rings (SSSR count). The quantitative estimate of drug-likeness (QED) is 0.557. The summed E-state index contributed by atoms with van der Waals surface area (Å²) in [4.78, 5) is 26.4. The van der Waals surface area contributed by atoms with Crippen LogP contribution >= 0.6 is 0 Å². The summed E-state index contributed by atoms with van der Waals surface area (Å²) in [7, 11) is 0. The molecule has 0 unspecified atom stereocenters. The molecule has 1 aliphatic carbocycles. The van der Waals surface area contributed by atoms with Crippen LogP contribution in [0, 0.1) is 6.92 Å². The lowest BCUT2D eigenvalue weighted by atomic mass is 10.1. The highest BCUT2D eigenvalue weighted by molar-refractivity contribution is 6.13. The van der Waals surface area contributed by atoms with E-state index in [1.807, 2.05) is 31.2 Å². The zero-order chi connectivity index (χ0) is 20.0. The number of hydrogen-bond acceptors (Lipinski definition) is 6. The molecule has 1 aliphatic rings. The normalized spacial score (nSPS) is 13.6. The highest BCUT2D eigenvalue weighted by Gasteiger charge is 2.29. The minimum Gasteiger partial charge on any atom is -0.504 e. The Morgan fingerprint density at radius 1 is 1.17 bits per heavy atom. The average molecular weight is 386 g/mol. The largest absolute Gasteiger partial charge is 0.504 e. The van der Waals surface area contributed by atoms with Gasteiger partial charge in [0.15, 0.2) is 23.0 Å². The molecule has 0 atom stereocenters. The number of aromatic nitrogens is 5. The van der Waals surface area contributed by atoms with Crippen molar-refractivity contribution in [1.29, 1.82) is 0 Å². The molecular formula is C21H18N6O2. The van der Waals surface area contributed by atoms with E-state index in [-0.39, 0.29) is 17.5 Å². The zero-order valence-corrected chi connectivity index (χ0v) is 15.7. The van der Waals surface area contributed by atoms with Gasteiger partial charge in [-0.3, -0.25) is 4.79 Å². The van der Waals surface area contributed by atoms with Gasteiger partial charge >= 0.3 is 0 Å². The number of anilines is 1. The van der Waals surface area contributed by atoms with E-state index < -0.39 is 0 Å². The first-order valence-corrected chi connectivity index (χ1v) is 9.39. The van der Waals surface area contributed by atoms with Crippen molar-refractivity contribution in [2.45, 2.75) is 25.7 Å². The second-order valence-electron chi connectivity index (χ2n) is 7.08. The second-order valence-corrected chi connectivity index (χ2v) is 7.08. The van der Waals surface area contributed by atoms with E-state index in [0.29, 0.717) is 34.0 Å². The van der Waals surface area contributed by atoms with Crippen LogP contribution in [0.15, 0.2) is 48.8 Å². The van der Waals surface area contributed by atoms with Crippen LogP contribution in [0.25, 0.3) is 16.9 Å². The van der Waals surface area contributed by atoms with Gasteiger partial charge in [-0.1, -0.05) is 6.07 Å². The smallest absolute Gasteiger partial charge is 0.257 e. The molecule has 1 fully saturated rings. The van der Waals surface area contributed by atoms with Gasteiger partial charge in [-0.2, -0.15) is 9.78 Å². The summed E-state index contributed by atoms with van der Waals surface area (Å²) in [5.74, 6) is 0.651. The van der Waals surface area contributed by atoms with E-state index >= 15 is 0 Å². The predicted octanol–water partition coefficient (Wildman–Crippen LogP) is 3.35. The monoisotopic (exact) mass is 386 g/mol. The molecular weight excluding hydrogens is 368 g/mol. The molecule has 8 nitrogen and oxygen atoms in total. The highest BCUT2D eigenvalue weighted by Crippen LogP contribution is 2.40. The fourth-order valence-electron chi connectivity index (χ4n) is 3.38. The number of aryl methyl sites for hydroxylation is 1. The van der Waals surface area contributed by atoms with Gasteiger partial charge in [0.2, 0.25) is 0 Å². The summed E-state index contributed by atoms with van der Waals surface area (Å²) < 4.78 is 1.67. The number of carbonyl (C=O) groups excluding carboxylic acids is 1. The van der Waals surface area contributed by atoms with Gasteiger partial charge in [0.1, 0.15) is 0 Å². The number of rotatable bonds is 4. The number of pyridine rings is 3. The van der Waals surface area contributed by atoms with Crippen molar-refractivity contribution in [1.82, 2.24) is 24.7 Å². The zero-order valence-electron chi connectivity index (χ0n) is 15.7. The first-order chi connectivity index (χ1) is 14.1. The average Bonchev–Trinajstić information content (AvgIpc) is 3.54. The van der Waals surface area contributed by atoms with Crippen molar-refractivity contribution < 1.29 is 9.90 Å². The summed E-state index contributed by atoms with van der Waals surface area (Å²) in [5.41, 5.74) is 2.60. The fraction of sp³-hybridized carbons (Fsp3) is 0.190. The Labute approximate surface area is 166 Å². The highest BCUT2D eigenvalue weighted by atomic mass is 16.3. The van der Waals surface area contributed by atoms with Gasteiger partial charge in [0.05, 0.1) is 16.6 Å². The molecule has 2 N–H and O–H groups in total. The van der Waals surface area contributed by atoms with Crippen LogP contribution in [0.5, 0.6) is 5.75 Å². The molecule has 0 aromatic carbocycles. The first kappa shape index (κ1) is 17.3. The molecule has 0 aliphatic heterocycles. The lowest BCUT2D eigenvalue weighted by Gasteiger charge is -2.09. The molecule has 29 heavy (non-hydrogen) atoms. The maximum absolute atomic E-state index is 13.1. The number of carbonyl (C=O) groups is 1. The fourth-order valence-corrected chi connectivity index (χ4v) is 3.38. The Morgan fingerprint density at radius 2 is 2.00 bits per heavy atom. The first-order valence-electron chi connectivity index (χ1n) is 9.39. The molecule has 0 radical (unpaired) electrons. The van der Waals surface area contributed by atoms with Crippen molar-refractivity contribution >= 4 is 22.8 Å². The Bertz CT molecular complexity index is 1230. The number of fused-ring (bicyclic) bond motifs is 1. The molecule has 0 spiro atoms. The van der Waals surface area contributed by atoms with Crippen LogP contribution < -0.4 is 5.32 Å². The van der Waals surface area contributed by atoms with Crippen molar-refractivity contribution in [3.63, 3.8) is 0 Å². The van der Waals surface area contributed by atoms with E-state index in [2.05, 4.69) is 20.4 Å². The van der Waals surface area contributed by atoms with Gasteiger partial charge in [-0.15, -0.1) is 0 Å². The van der Waals surface area contributed by atoms with E-state index in [1.54, 1.807) is 16.9 Å². The van der Waals surface area contributed by atoms with Crippen molar-refractivity contribution in [2.75, 3.05) is 5.32 Å². The van der Waals surface area contributed by atoms with Crippen molar-refractivity contribution in [3.8, 4) is 11.6 Å².